The molecule has 2 aromatic carbocycles. The number of benzene rings is 2. The highest BCUT2D eigenvalue weighted by atomic mass is 32.2. The Morgan fingerprint density at radius 1 is 1.03 bits per heavy atom. The Kier molecular flexibility index (Phi) is 6.50. The molecule has 2 saturated heterocycles. The lowest BCUT2D eigenvalue weighted by atomic mass is 9.78. The van der Waals surface area contributed by atoms with E-state index in [-0.39, 0.29) is 33.4 Å². The van der Waals surface area contributed by atoms with Crippen LogP contribution >= 0.6 is 0 Å². The van der Waals surface area contributed by atoms with Gasteiger partial charge in [0.05, 0.1) is 22.5 Å². The van der Waals surface area contributed by atoms with Gasteiger partial charge < -0.3 is 14.1 Å². The molecule has 0 aliphatic carbocycles. The minimum absolute atomic E-state index is 0.0911. The van der Waals surface area contributed by atoms with Gasteiger partial charge >= 0.3 is 0 Å². The Morgan fingerprint density at radius 2 is 1.76 bits per heavy atom. The topological polar surface area (TPSA) is 123 Å². The van der Waals surface area contributed by atoms with Crippen LogP contribution in [0, 0.1) is 15.5 Å². The van der Waals surface area contributed by atoms with Crippen molar-refractivity contribution in [3.05, 3.63) is 76.5 Å². The van der Waals surface area contributed by atoms with Crippen molar-refractivity contribution in [2.75, 3.05) is 33.3 Å². The van der Waals surface area contributed by atoms with E-state index >= 15 is 0 Å². The molecule has 1 amide bonds. The number of furan rings is 1. The first-order valence-corrected chi connectivity index (χ1v) is 13.4. The number of nitrogens with zero attached hydrogens (tertiary/aromatic N) is 3. The van der Waals surface area contributed by atoms with Gasteiger partial charge in [-0.1, -0.05) is 18.2 Å². The van der Waals surface area contributed by atoms with Gasteiger partial charge in [0.2, 0.25) is 10.0 Å². The number of rotatable bonds is 6. The first-order valence-electron chi connectivity index (χ1n) is 12.0. The molecule has 3 aromatic rings. The van der Waals surface area contributed by atoms with Crippen LogP contribution in [-0.4, -0.2) is 61.7 Å². The number of likely N-dealkylation sites (tertiary alicyclic amines) is 1. The number of hydrogen-bond donors (Lipinski definition) is 0. The summed E-state index contributed by atoms with van der Waals surface area (Å²) in [7, 11) is -2.14. The number of amides is 1. The zero-order valence-corrected chi connectivity index (χ0v) is 21.1. The Hall–Kier alpha value is -3.70. The van der Waals surface area contributed by atoms with Crippen LogP contribution < -0.4 is 4.74 Å². The molecule has 3 heterocycles. The summed E-state index contributed by atoms with van der Waals surface area (Å²) in [5, 5.41) is 11.4. The molecule has 11 heteroatoms. The number of hydrogen-bond acceptors (Lipinski definition) is 7. The van der Waals surface area contributed by atoms with Gasteiger partial charge in [-0.3, -0.25) is 14.9 Å². The van der Waals surface area contributed by atoms with Crippen LogP contribution in [0.4, 0.5) is 5.69 Å². The summed E-state index contributed by atoms with van der Waals surface area (Å²) in [5.41, 5.74) is 0.0738. The maximum absolute atomic E-state index is 13.2. The molecule has 1 spiro atoms. The third kappa shape index (κ3) is 4.72. The predicted octanol–water partition coefficient (Wildman–Crippen LogP) is 4.18. The van der Waals surface area contributed by atoms with Crippen molar-refractivity contribution in [3.63, 3.8) is 0 Å². The summed E-state index contributed by atoms with van der Waals surface area (Å²) in [6.45, 7) is 1.82. The SMILES string of the molecule is COc1cccc(S(=O)(=O)N2CCC3(CCN(C(=O)c4ccc(-c5ccccc5[N+](=O)[O-])o4)C3)CC2)c1. The number of piperidine rings is 1. The largest absolute Gasteiger partial charge is 0.497 e. The van der Waals surface area contributed by atoms with Crippen molar-refractivity contribution >= 4 is 21.6 Å². The average molecular weight is 526 g/mol. The Bertz CT molecular complexity index is 1440. The number of sulfonamides is 1. The Morgan fingerprint density at radius 3 is 2.49 bits per heavy atom. The van der Waals surface area contributed by atoms with E-state index in [9.17, 15) is 23.3 Å². The minimum Gasteiger partial charge on any atom is -0.497 e. The van der Waals surface area contributed by atoms with Gasteiger partial charge in [-0.05, 0) is 55.0 Å². The van der Waals surface area contributed by atoms with E-state index in [2.05, 4.69) is 0 Å². The molecule has 2 aliphatic rings. The highest BCUT2D eigenvalue weighted by molar-refractivity contribution is 7.89. The smallest absolute Gasteiger partial charge is 0.289 e. The van der Waals surface area contributed by atoms with Crippen molar-refractivity contribution in [2.45, 2.75) is 24.2 Å². The fraction of sp³-hybridized carbons (Fsp3) is 0.346. The Balaban J connectivity index is 1.25. The van der Waals surface area contributed by atoms with Crippen LogP contribution in [0.5, 0.6) is 5.75 Å². The van der Waals surface area contributed by atoms with E-state index < -0.39 is 14.9 Å². The molecule has 10 nitrogen and oxygen atoms in total. The van der Waals surface area contributed by atoms with E-state index in [0.29, 0.717) is 50.3 Å². The van der Waals surface area contributed by atoms with Crippen LogP contribution in [0.2, 0.25) is 0 Å². The number of carbonyl (C=O) groups is 1. The maximum atomic E-state index is 13.2. The molecule has 194 valence electrons. The van der Waals surface area contributed by atoms with Gasteiger partial charge in [-0.25, -0.2) is 8.42 Å². The fourth-order valence-corrected chi connectivity index (χ4v) is 6.70. The van der Waals surface area contributed by atoms with Gasteiger partial charge in [0.15, 0.2) is 5.76 Å². The zero-order valence-electron chi connectivity index (χ0n) is 20.3. The van der Waals surface area contributed by atoms with Crippen LogP contribution in [-0.2, 0) is 10.0 Å². The molecule has 0 atom stereocenters. The highest BCUT2D eigenvalue weighted by Gasteiger charge is 2.44. The molecule has 2 fully saturated rings. The first kappa shape index (κ1) is 25.0. The Labute approximate surface area is 214 Å². The normalized spacial score (nSPS) is 17.7. The van der Waals surface area contributed by atoms with Crippen LogP contribution in [0.3, 0.4) is 0 Å². The standard InChI is InChI=1S/C26H27N3O7S/c1-35-19-5-4-6-20(17-19)37(33,34)28-15-12-26(13-16-28)11-14-27(18-26)25(30)24-10-9-23(36-24)21-7-2-3-8-22(21)29(31)32/h2-10,17H,11-16,18H2,1H3. The molecular weight excluding hydrogens is 498 g/mol. The third-order valence-electron chi connectivity index (χ3n) is 7.37. The number of methoxy groups -OCH3 is 1. The van der Waals surface area contributed by atoms with Crippen LogP contribution in [0.1, 0.15) is 29.8 Å². The van der Waals surface area contributed by atoms with Gasteiger partial charge in [-0.15, -0.1) is 0 Å². The van der Waals surface area contributed by atoms with E-state index in [1.165, 1.54) is 23.5 Å². The van der Waals surface area contributed by atoms with Gasteiger partial charge in [0, 0.05) is 38.3 Å². The highest BCUT2D eigenvalue weighted by Crippen LogP contribution is 2.42. The number of ether oxygens (including phenoxy) is 1. The molecule has 0 saturated carbocycles. The van der Waals surface area contributed by atoms with Gasteiger partial charge in [0.25, 0.3) is 11.6 Å². The molecular formula is C26H27N3O7S. The number of carbonyl (C=O) groups excluding carboxylic acids is 1. The number of para-hydroxylation sites is 1. The monoisotopic (exact) mass is 525 g/mol. The molecule has 37 heavy (non-hydrogen) atoms. The summed E-state index contributed by atoms with van der Waals surface area (Å²) in [6, 6.07) is 15.8. The summed E-state index contributed by atoms with van der Waals surface area (Å²) in [6.07, 6.45) is 2.09. The second-order valence-electron chi connectivity index (χ2n) is 9.50. The van der Waals surface area contributed by atoms with Crippen molar-refractivity contribution in [3.8, 4) is 17.1 Å². The molecule has 1 aromatic heterocycles. The lowest BCUT2D eigenvalue weighted by Crippen LogP contribution is -2.44. The first-order chi connectivity index (χ1) is 17.7. The van der Waals surface area contributed by atoms with Crippen molar-refractivity contribution in [2.24, 2.45) is 5.41 Å². The molecule has 0 bridgehead atoms. The summed E-state index contributed by atoms with van der Waals surface area (Å²) in [4.78, 5) is 26.0. The van der Waals surface area contributed by atoms with Crippen LogP contribution in [0.15, 0.2) is 70.0 Å². The van der Waals surface area contributed by atoms with Crippen molar-refractivity contribution in [1.82, 2.24) is 9.21 Å². The van der Waals surface area contributed by atoms with Crippen LogP contribution in [0.25, 0.3) is 11.3 Å². The zero-order chi connectivity index (χ0) is 26.2. The summed E-state index contributed by atoms with van der Waals surface area (Å²) in [5.74, 6) is 0.611. The molecule has 2 aliphatic heterocycles. The quantitative estimate of drug-likeness (QED) is 0.349. The fourth-order valence-electron chi connectivity index (χ4n) is 5.22. The predicted molar refractivity (Wildman–Crippen MR) is 135 cm³/mol. The van der Waals surface area contributed by atoms with Gasteiger partial charge in [0.1, 0.15) is 11.5 Å². The molecule has 0 unspecified atom stereocenters. The van der Waals surface area contributed by atoms with Gasteiger partial charge in [-0.2, -0.15) is 4.31 Å². The molecule has 0 radical (unpaired) electrons. The second kappa shape index (κ2) is 9.64. The lowest BCUT2D eigenvalue weighted by molar-refractivity contribution is -0.384. The average Bonchev–Trinajstić information content (AvgIpc) is 3.57. The number of nitro benzene ring substituents is 1. The van der Waals surface area contributed by atoms with E-state index in [1.807, 2.05) is 0 Å². The lowest BCUT2D eigenvalue weighted by Gasteiger charge is -2.38. The minimum atomic E-state index is -3.64. The molecule has 0 N–H and O–H groups in total. The summed E-state index contributed by atoms with van der Waals surface area (Å²) >= 11 is 0. The summed E-state index contributed by atoms with van der Waals surface area (Å²) < 4.78 is 38.7. The number of nitro groups is 1. The van der Waals surface area contributed by atoms with Crippen molar-refractivity contribution < 1.29 is 27.3 Å². The van der Waals surface area contributed by atoms with Crippen molar-refractivity contribution in [1.29, 1.82) is 0 Å². The second-order valence-corrected chi connectivity index (χ2v) is 11.4. The van der Waals surface area contributed by atoms with E-state index in [1.54, 1.807) is 53.4 Å². The molecule has 5 rings (SSSR count). The van der Waals surface area contributed by atoms with E-state index in [4.69, 9.17) is 9.15 Å². The van der Waals surface area contributed by atoms with E-state index in [0.717, 1.165) is 6.42 Å². The maximum Gasteiger partial charge on any atom is 0.289 e. The third-order valence-corrected chi connectivity index (χ3v) is 9.27.